The van der Waals surface area contributed by atoms with Crippen molar-refractivity contribution in [1.29, 1.82) is 0 Å². The van der Waals surface area contributed by atoms with Crippen molar-refractivity contribution in [3.8, 4) is 0 Å². The highest BCUT2D eigenvalue weighted by molar-refractivity contribution is 7.87. The van der Waals surface area contributed by atoms with Gasteiger partial charge >= 0.3 is 5.97 Å². The van der Waals surface area contributed by atoms with E-state index in [-0.39, 0.29) is 6.42 Å². The van der Waals surface area contributed by atoms with Gasteiger partial charge in [0.25, 0.3) is 10.2 Å². The van der Waals surface area contributed by atoms with E-state index in [1.165, 1.54) is 4.31 Å². The van der Waals surface area contributed by atoms with E-state index < -0.39 is 21.7 Å². The lowest BCUT2D eigenvalue weighted by atomic mass is 9.95. The topological polar surface area (TPSA) is 86.7 Å². The largest absolute Gasteiger partial charge is 0.481 e. The van der Waals surface area contributed by atoms with Gasteiger partial charge < -0.3 is 5.11 Å². The summed E-state index contributed by atoms with van der Waals surface area (Å²) in [5, 5.41) is 9.04. The first kappa shape index (κ1) is 15.7. The standard InChI is InChI=1S/C13H24N2O4S/c16-12(17)11-13(7-3-4-8-13)14-20(18,19)15-9-5-1-2-6-10-15/h14H,1-11H2,(H,16,17). The third-order valence-electron chi connectivity index (χ3n) is 4.30. The number of hydrogen-bond acceptors (Lipinski definition) is 3. The maximum Gasteiger partial charge on any atom is 0.305 e. The van der Waals surface area contributed by atoms with E-state index in [9.17, 15) is 13.2 Å². The van der Waals surface area contributed by atoms with Crippen molar-refractivity contribution in [2.45, 2.75) is 63.3 Å². The summed E-state index contributed by atoms with van der Waals surface area (Å²) in [5.74, 6) is -0.939. The van der Waals surface area contributed by atoms with Gasteiger partial charge in [-0.1, -0.05) is 25.7 Å². The summed E-state index contributed by atoms with van der Waals surface area (Å²) in [6.07, 6.45) is 6.77. The number of nitrogens with one attached hydrogen (secondary N) is 1. The molecule has 1 saturated heterocycles. The molecule has 2 N–H and O–H groups in total. The van der Waals surface area contributed by atoms with Crippen LogP contribution in [0.1, 0.15) is 57.8 Å². The fourth-order valence-corrected chi connectivity index (χ4v) is 4.97. The number of carboxylic acid groups (broad SMARTS) is 1. The smallest absolute Gasteiger partial charge is 0.305 e. The van der Waals surface area contributed by atoms with Crippen molar-refractivity contribution >= 4 is 16.2 Å². The molecule has 1 aliphatic carbocycles. The van der Waals surface area contributed by atoms with Crippen molar-refractivity contribution in [2.75, 3.05) is 13.1 Å². The Kier molecular flexibility index (Phi) is 5.04. The number of rotatable bonds is 5. The molecule has 1 saturated carbocycles. The second kappa shape index (κ2) is 6.41. The van der Waals surface area contributed by atoms with Crippen LogP contribution in [0.15, 0.2) is 0 Å². The zero-order chi connectivity index (χ0) is 14.6. The average Bonchev–Trinajstić information content (AvgIpc) is 2.64. The van der Waals surface area contributed by atoms with Crippen molar-refractivity contribution < 1.29 is 18.3 Å². The first-order valence-corrected chi connectivity index (χ1v) is 8.88. The summed E-state index contributed by atoms with van der Waals surface area (Å²) in [6, 6.07) is 0. The van der Waals surface area contributed by atoms with Crippen LogP contribution in [0, 0.1) is 0 Å². The molecule has 1 heterocycles. The number of aliphatic carboxylic acids is 1. The normalized spacial score (nSPS) is 24.4. The van der Waals surface area contributed by atoms with Gasteiger partial charge in [0.1, 0.15) is 0 Å². The maximum absolute atomic E-state index is 12.5. The molecule has 20 heavy (non-hydrogen) atoms. The van der Waals surface area contributed by atoms with Gasteiger partial charge in [0, 0.05) is 18.6 Å². The third-order valence-corrected chi connectivity index (χ3v) is 6.04. The molecule has 2 rings (SSSR count). The lowest BCUT2D eigenvalue weighted by Crippen LogP contribution is -2.53. The molecule has 0 aromatic rings. The van der Waals surface area contributed by atoms with Crippen LogP contribution >= 0.6 is 0 Å². The lowest BCUT2D eigenvalue weighted by Gasteiger charge is -2.31. The second-order valence-electron chi connectivity index (χ2n) is 5.98. The molecule has 0 aromatic carbocycles. The van der Waals surface area contributed by atoms with E-state index in [0.29, 0.717) is 25.9 Å². The third kappa shape index (κ3) is 3.93. The minimum absolute atomic E-state index is 0.125. The predicted octanol–water partition coefficient (Wildman–Crippen LogP) is 1.48. The molecule has 0 atom stereocenters. The first-order valence-electron chi connectivity index (χ1n) is 7.44. The fourth-order valence-electron chi connectivity index (χ4n) is 3.28. The highest BCUT2D eigenvalue weighted by Crippen LogP contribution is 2.33. The van der Waals surface area contributed by atoms with Crippen LogP contribution < -0.4 is 4.72 Å². The molecule has 0 bridgehead atoms. The van der Waals surface area contributed by atoms with E-state index in [1.54, 1.807) is 0 Å². The zero-order valence-corrected chi connectivity index (χ0v) is 12.6. The maximum atomic E-state index is 12.5. The number of carbonyl (C=O) groups is 1. The minimum Gasteiger partial charge on any atom is -0.481 e. The first-order chi connectivity index (χ1) is 9.44. The number of nitrogens with zero attached hydrogens (tertiary/aromatic N) is 1. The summed E-state index contributed by atoms with van der Waals surface area (Å²) in [7, 11) is -3.57. The van der Waals surface area contributed by atoms with Crippen molar-refractivity contribution in [1.82, 2.24) is 9.03 Å². The van der Waals surface area contributed by atoms with Gasteiger partial charge in [-0.05, 0) is 25.7 Å². The molecule has 0 spiro atoms. The minimum atomic E-state index is -3.57. The number of carboxylic acids is 1. The molecule has 0 radical (unpaired) electrons. The highest BCUT2D eigenvalue weighted by Gasteiger charge is 2.41. The highest BCUT2D eigenvalue weighted by atomic mass is 32.2. The Bertz CT molecular complexity index is 435. The molecule has 6 nitrogen and oxygen atoms in total. The lowest BCUT2D eigenvalue weighted by molar-refractivity contribution is -0.138. The van der Waals surface area contributed by atoms with Gasteiger partial charge in [-0.25, -0.2) is 0 Å². The Morgan fingerprint density at radius 1 is 1.05 bits per heavy atom. The Morgan fingerprint density at radius 3 is 2.10 bits per heavy atom. The molecule has 116 valence electrons. The second-order valence-corrected chi connectivity index (χ2v) is 7.65. The number of hydrogen-bond donors (Lipinski definition) is 2. The molecular formula is C13H24N2O4S. The van der Waals surface area contributed by atoms with Crippen LogP contribution in [0.5, 0.6) is 0 Å². The van der Waals surface area contributed by atoms with Gasteiger partial charge in [0.2, 0.25) is 0 Å². The summed E-state index contributed by atoms with van der Waals surface area (Å²) in [4.78, 5) is 11.0. The molecule has 0 aromatic heterocycles. The van der Waals surface area contributed by atoms with Crippen molar-refractivity contribution in [3.63, 3.8) is 0 Å². The Labute approximate surface area is 120 Å². The van der Waals surface area contributed by atoms with Gasteiger partial charge in [0.15, 0.2) is 0 Å². The van der Waals surface area contributed by atoms with Crippen LogP contribution in [0.4, 0.5) is 0 Å². The molecule has 0 amide bonds. The van der Waals surface area contributed by atoms with Gasteiger partial charge in [-0.2, -0.15) is 17.4 Å². The van der Waals surface area contributed by atoms with Gasteiger partial charge in [-0.15, -0.1) is 0 Å². The molecule has 7 heteroatoms. The average molecular weight is 304 g/mol. The Hall–Kier alpha value is -0.660. The van der Waals surface area contributed by atoms with E-state index in [1.807, 2.05) is 0 Å². The Morgan fingerprint density at radius 2 is 1.60 bits per heavy atom. The molecule has 1 aliphatic heterocycles. The Balaban J connectivity index is 2.09. The van der Waals surface area contributed by atoms with Gasteiger partial charge in [0.05, 0.1) is 6.42 Å². The van der Waals surface area contributed by atoms with E-state index in [0.717, 1.165) is 38.5 Å². The van der Waals surface area contributed by atoms with Crippen molar-refractivity contribution in [3.05, 3.63) is 0 Å². The molecule has 2 fully saturated rings. The fraction of sp³-hybridized carbons (Fsp3) is 0.923. The summed E-state index contributed by atoms with van der Waals surface area (Å²) < 4.78 is 29.2. The monoisotopic (exact) mass is 304 g/mol. The molecular weight excluding hydrogens is 280 g/mol. The van der Waals surface area contributed by atoms with Crippen LogP contribution in [-0.2, 0) is 15.0 Å². The summed E-state index contributed by atoms with van der Waals surface area (Å²) in [6.45, 7) is 1.08. The van der Waals surface area contributed by atoms with E-state index in [2.05, 4.69) is 4.72 Å². The van der Waals surface area contributed by atoms with Crippen molar-refractivity contribution in [2.24, 2.45) is 0 Å². The van der Waals surface area contributed by atoms with Gasteiger partial charge in [-0.3, -0.25) is 4.79 Å². The van der Waals surface area contributed by atoms with E-state index in [4.69, 9.17) is 5.11 Å². The van der Waals surface area contributed by atoms with Crippen LogP contribution in [0.3, 0.4) is 0 Å². The summed E-state index contributed by atoms with van der Waals surface area (Å²) >= 11 is 0. The van der Waals surface area contributed by atoms with Crippen LogP contribution in [0.25, 0.3) is 0 Å². The summed E-state index contributed by atoms with van der Waals surface area (Å²) in [5.41, 5.74) is -0.781. The predicted molar refractivity (Wildman–Crippen MR) is 75.5 cm³/mol. The van der Waals surface area contributed by atoms with Crippen LogP contribution in [0.2, 0.25) is 0 Å². The SMILES string of the molecule is O=C(O)CC1(NS(=O)(=O)N2CCCCCC2)CCCC1. The quantitative estimate of drug-likeness (QED) is 0.805. The molecule has 0 unspecified atom stereocenters. The zero-order valence-electron chi connectivity index (χ0n) is 11.8. The van der Waals surface area contributed by atoms with Crippen LogP contribution in [-0.4, -0.2) is 42.4 Å². The molecule has 2 aliphatic rings. The van der Waals surface area contributed by atoms with E-state index >= 15 is 0 Å².